The Morgan fingerprint density at radius 1 is 0.929 bits per heavy atom. The molecule has 0 nitrogen and oxygen atoms in total. The van der Waals surface area contributed by atoms with E-state index < -0.39 is 0 Å². The van der Waals surface area contributed by atoms with Crippen molar-refractivity contribution in [2.75, 3.05) is 11.5 Å². The van der Waals surface area contributed by atoms with Gasteiger partial charge in [-0.15, -0.1) is 0 Å². The first-order valence-corrected chi connectivity index (χ1v) is 7.58. The molecule has 0 heterocycles. The number of hydrogen-bond acceptors (Lipinski definition) is 1. The fourth-order valence-electron chi connectivity index (χ4n) is 1.60. The van der Waals surface area contributed by atoms with Gasteiger partial charge in [-0.05, 0) is 30.3 Å². The average Bonchev–Trinajstić information content (AvgIpc) is 2.22. The van der Waals surface area contributed by atoms with Gasteiger partial charge in [0.15, 0.2) is 0 Å². The number of thioether (sulfide) groups is 1. The molecule has 0 bridgehead atoms. The van der Waals surface area contributed by atoms with Crippen molar-refractivity contribution in [3.05, 3.63) is 0 Å². The third kappa shape index (κ3) is 8.93. The normalized spacial score (nSPS) is 13.1. The van der Waals surface area contributed by atoms with E-state index in [-0.39, 0.29) is 0 Å². The van der Waals surface area contributed by atoms with Crippen molar-refractivity contribution in [2.24, 2.45) is 5.92 Å². The molecule has 0 amide bonds. The van der Waals surface area contributed by atoms with Crippen LogP contribution in [0.25, 0.3) is 0 Å². The van der Waals surface area contributed by atoms with E-state index in [9.17, 15) is 0 Å². The Morgan fingerprint density at radius 2 is 1.64 bits per heavy atom. The summed E-state index contributed by atoms with van der Waals surface area (Å²) in [5.41, 5.74) is 0. The average molecular weight is 216 g/mol. The van der Waals surface area contributed by atoms with Crippen molar-refractivity contribution in [1.82, 2.24) is 0 Å². The van der Waals surface area contributed by atoms with Crippen LogP contribution < -0.4 is 0 Å². The van der Waals surface area contributed by atoms with Gasteiger partial charge in [0.05, 0.1) is 0 Å². The SMILES string of the molecule is CCCCCSCC(CC)CCCC. The Kier molecular flexibility index (Phi) is 11.7. The van der Waals surface area contributed by atoms with E-state index in [1.165, 1.54) is 56.5 Å². The van der Waals surface area contributed by atoms with Gasteiger partial charge < -0.3 is 0 Å². The molecule has 14 heavy (non-hydrogen) atoms. The van der Waals surface area contributed by atoms with Gasteiger partial charge in [-0.25, -0.2) is 0 Å². The molecule has 1 heteroatoms. The van der Waals surface area contributed by atoms with Crippen LogP contribution in [0.2, 0.25) is 0 Å². The van der Waals surface area contributed by atoms with Gasteiger partial charge in [0.1, 0.15) is 0 Å². The van der Waals surface area contributed by atoms with Gasteiger partial charge in [-0.2, -0.15) is 11.8 Å². The Labute approximate surface area is 95.2 Å². The lowest BCUT2D eigenvalue weighted by atomic mass is 10.0. The zero-order valence-electron chi connectivity index (χ0n) is 10.3. The minimum atomic E-state index is 0.988. The quantitative estimate of drug-likeness (QED) is 0.456. The first-order chi connectivity index (χ1) is 6.85. The van der Waals surface area contributed by atoms with Crippen molar-refractivity contribution in [3.63, 3.8) is 0 Å². The largest absolute Gasteiger partial charge is 0.162 e. The molecule has 0 rings (SSSR count). The second-order valence-corrected chi connectivity index (χ2v) is 5.35. The molecule has 0 aromatic carbocycles. The summed E-state index contributed by atoms with van der Waals surface area (Å²) in [5, 5.41) is 0. The Morgan fingerprint density at radius 3 is 2.21 bits per heavy atom. The summed E-state index contributed by atoms with van der Waals surface area (Å²) in [5.74, 6) is 3.78. The van der Waals surface area contributed by atoms with Gasteiger partial charge in [0.2, 0.25) is 0 Å². The van der Waals surface area contributed by atoms with Gasteiger partial charge in [0.25, 0.3) is 0 Å². The van der Waals surface area contributed by atoms with Gasteiger partial charge in [0, 0.05) is 0 Å². The van der Waals surface area contributed by atoms with Crippen LogP contribution in [0.5, 0.6) is 0 Å². The van der Waals surface area contributed by atoms with Crippen molar-refractivity contribution in [1.29, 1.82) is 0 Å². The first-order valence-electron chi connectivity index (χ1n) is 6.42. The third-order valence-electron chi connectivity index (χ3n) is 2.79. The van der Waals surface area contributed by atoms with Gasteiger partial charge in [-0.1, -0.05) is 52.9 Å². The molecule has 0 radical (unpaired) electrons. The van der Waals surface area contributed by atoms with Crippen molar-refractivity contribution in [3.8, 4) is 0 Å². The predicted octanol–water partition coefficient (Wildman–Crippen LogP) is 5.13. The van der Waals surface area contributed by atoms with Crippen LogP contribution in [-0.2, 0) is 0 Å². The zero-order valence-corrected chi connectivity index (χ0v) is 11.2. The lowest BCUT2D eigenvalue weighted by molar-refractivity contribution is 0.499. The van der Waals surface area contributed by atoms with Crippen LogP contribution >= 0.6 is 11.8 Å². The maximum Gasteiger partial charge on any atom is -0.00392 e. The molecule has 0 fully saturated rings. The second kappa shape index (κ2) is 11.4. The van der Waals surface area contributed by atoms with Crippen molar-refractivity contribution >= 4 is 11.8 Å². The van der Waals surface area contributed by atoms with E-state index in [0.29, 0.717) is 0 Å². The molecule has 1 atom stereocenters. The summed E-state index contributed by atoms with van der Waals surface area (Å²) in [6.45, 7) is 6.91. The minimum absolute atomic E-state index is 0.988. The lowest BCUT2D eigenvalue weighted by Gasteiger charge is -2.13. The predicted molar refractivity (Wildman–Crippen MR) is 70.2 cm³/mol. The molecule has 0 aliphatic heterocycles. The summed E-state index contributed by atoms with van der Waals surface area (Å²) in [7, 11) is 0. The zero-order chi connectivity index (χ0) is 10.6. The second-order valence-electron chi connectivity index (χ2n) is 4.20. The van der Waals surface area contributed by atoms with E-state index in [2.05, 4.69) is 32.5 Å². The number of rotatable bonds is 10. The van der Waals surface area contributed by atoms with E-state index in [1.807, 2.05) is 0 Å². The third-order valence-corrected chi connectivity index (χ3v) is 4.07. The molecule has 0 aliphatic carbocycles. The Hall–Kier alpha value is 0.350. The molecule has 1 unspecified atom stereocenters. The summed E-state index contributed by atoms with van der Waals surface area (Å²) in [6, 6.07) is 0. The maximum atomic E-state index is 2.34. The molecule has 0 aromatic heterocycles. The highest BCUT2D eigenvalue weighted by molar-refractivity contribution is 7.99. The molecule has 0 aromatic rings. The van der Waals surface area contributed by atoms with E-state index in [4.69, 9.17) is 0 Å². The number of unbranched alkanes of at least 4 members (excludes halogenated alkanes) is 3. The summed E-state index contributed by atoms with van der Waals surface area (Å²) in [6.07, 6.45) is 9.80. The Balaban J connectivity index is 3.24. The van der Waals surface area contributed by atoms with Crippen LogP contribution in [-0.4, -0.2) is 11.5 Å². The van der Waals surface area contributed by atoms with Crippen LogP contribution in [0.15, 0.2) is 0 Å². The van der Waals surface area contributed by atoms with E-state index in [1.54, 1.807) is 0 Å². The summed E-state index contributed by atoms with van der Waals surface area (Å²) < 4.78 is 0. The monoisotopic (exact) mass is 216 g/mol. The van der Waals surface area contributed by atoms with Crippen LogP contribution in [0.3, 0.4) is 0 Å². The van der Waals surface area contributed by atoms with Crippen LogP contribution in [0.1, 0.15) is 65.7 Å². The van der Waals surface area contributed by atoms with Crippen LogP contribution in [0.4, 0.5) is 0 Å². The molecule has 0 aliphatic rings. The molecule has 0 spiro atoms. The fourth-order valence-corrected chi connectivity index (χ4v) is 2.91. The van der Waals surface area contributed by atoms with Crippen molar-refractivity contribution < 1.29 is 0 Å². The standard InChI is InChI=1S/C13H28S/c1-4-7-9-11-14-12-13(6-3)10-8-5-2/h13H,4-12H2,1-3H3. The van der Waals surface area contributed by atoms with Gasteiger partial charge >= 0.3 is 0 Å². The highest BCUT2D eigenvalue weighted by Crippen LogP contribution is 2.19. The maximum absolute atomic E-state index is 2.34. The number of hydrogen-bond donors (Lipinski definition) is 0. The van der Waals surface area contributed by atoms with E-state index in [0.717, 1.165) is 5.92 Å². The van der Waals surface area contributed by atoms with Crippen LogP contribution in [0, 0.1) is 5.92 Å². The summed E-state index contributed by atoms with van der Waals surface area (Å²) >= 11 is 2.18. The van der Waals surface area contributed by atoms with E-state index >= 15 is 0 Å². The topological polar surface area (TPSA) is 0 Å². The smallest absolute Gasteiger partial charge is 0.00392 e. The fraction of sp³-hybridized carbons (Fsp3) is 1.00. The molecule has 0 saturated heterocycles. The van der Waals surface area contributed by atoms with Gasteiger partial charge in [-0.3, -0.25) is 0 Å². The first kappa shape index (κ1) is 14.3. The highest BCUT2D eigenvalue weighted by atomic mass is 32.2. The van der Waals surface area contributed by atoms with Crippen molar-refractivity contribution in [2.45, 2.75) is 65.7 Å². The Bertz CT molecular complexity index is 101. The molecule has 0 saturated carbocycles. The molecule has 86 valence electrons. The summed E-state index contributed by atoms with van der Waals surface area (Å²) in [4.78, 5) is 0. The molecular formula is C13H28S. The molecule has 0 N–H and O–H groups in total. The highest BCUT2D eigenvalue weighted by Gasteiger charge is 2.04. The minimum Gasteiger partial charge on any atom is -0.162 e. The lowest BCUT2D eigenvalue weighted by Crippen LogP contribution is -2.02. The molecular weight excluding hydrogens is 188 g/mol.